The van der Waals surface area contributed by atoms with E-state index in [9.17, 15) is 4.79 Å². The molecule has 1 aromatic rings. The van der Waals surface area contributed by atoms with Gasteiger partial charge in [0.25, 0.3) is 0 Å². The van der Waals surface area contributed by atoms with Crippen LogP contribution in [0.1, 0.15) is 45.8 Å². The van der Waals surface area contributed by atoms with Gasteiger partial charge in [-0.25, -0.2) is 0 Å². The number of carbonyl (C=O) groups excluding carboxylic acids is 1. The van der Waals surface area contributed by atoms with Crippen molar-refractivity contribution in [2.24, 2.45) is 5.41 Å². The van der Waals surface area contributed by atoms with Gasteiger partial charge in [0.1, 0.15) is 5.76 Å². The summed E-state index contributed by atoms with van der Waals surface area (Å²) in [6.45, 7) is 6.91. The highest BCUT2D eigenvalue weighted by molar-refractivity contribution is 5.81. The normalized spacial score (nSPS) is 23.2. The van der Waals surface area contributed by atoms with Crippen LogP contribution in [0.2, 0.25) is 0 Å². The van der Waals surface area contributed by atoms with Crippen LogP contribution in [-0.4, -0.2) is 18.0 Å². The molecule has 0 radical (unpaired) electrons. The van der Waals surface area contributed by atoms with Crippen LogP contribution < -0.4 is 10.6 Å². The van der Waals surface area contributed by atoms with E-state index in [-0.39, 0.29) is 17.4 Å². The molecule has 1 amide bonds. The molecule has 0 saturated heterocycles. The van der Waals surface area contributed by atoms with Gasteiger partial charge in [0.15, 0.2) is 0 Å². The van der Waals surface area contributed by atoms with E-state index < -0.39 is 0 Å². The van der Waals surface area contributed by atoms with Crippen LogP contribution >= 0.6 is 0 Å². The highest BCUT2D eigenvalue weighted by Gasteiger charge is 2.35. The molecule has 2 atom stereocenters. The van der Waals surface area contributed by atoms with E-state index in [1.165, 1.54) is 12.8 Å². The molecular formula is C15H24N2O2. The number of amides is 1. The number of furan rings is 1. The maximum atomic E-state index is 12.0. The van der Waals surface area contributed by atoms with E-state index in [2.05, 4.69) is 24.5 Å². The summed E-state index contributed by atoms with van der Waals surface area (Å²) in [5, 5.41) is 6.35. The molecule has 0 bridgehead atoms. The van der Waals surface area contributed by atoms with Crippen LogP contribution in [0.4, 0.5) is 0 Å². The van der Waals surface area contributed by atoms with E-state index in [1.54, 1.807) is 6.26 Å². The lowest BCUT2D eigenvalue weighted by molar-refractivity contribution is -0.123. The van der Waals surface area contributed by atoms with Gasteiger partial charge in [-0.05, 0) is 37.3 Å². The molecule has 2 rings (SSSR count). The average Bonchev–Trinajstić information content (AvgIpc) is 2.97. The van der Waals surface area contributed by atoms with Gasteiger partial charge < -0.3 is 15.1 Å². The van der Waals surface area contributed by atoms with E-state index >= 15 is 0 Å². The van der Waals surface area contributed by atoms with Crippen molar-refractivity contribution in [3.05, 3.63) is 24.2 Å². The summed E-state index contributed by atoms with van der Waals surface area (Å²) in [5.74, 6) is 0.806. The zero-order valence-corrected chi connectivity index (χ0v) is 12.0. The minimum absolute atomic E-state index is 0.0269. The quantitative estimate of drug-likeness (QED) is 0.859. The predicted octanol–water partition coefficient (Wildman–Crippen LogP) is 2.45. The molecule has 2 unspecified atom stereocenters. The molecule has 0 aliphatic heterocycles. The Kier molecular flexibility index (Phi) is 4.30. The fourth-order valence-electron chi connectivity index (χ4n) is 2.75. The van der Waals surface area contributed by atoms with Gasteiger partial charge in [0, 0.05) is 6.04 Å². The van der Waals surface area contributed by atoms with Crippen molar-refractivity contribution in [2.45, 2.75) is 58.7 Å². The van der Waals surface area contributed by atoms with Crippen LogP contribution in [0.3, 0.4) is 0 Å². The van der Waals surface area contributed by atoms with Gasteiger partial charge in [0.2, 0.25) is 5.91 Å². The van der Waals surface area contributed by atoms with Crippen molar-refractivity contribution < 1.29 is 9.21 Å². The first-order valence-electron chi connectivity index (χ1n) is 7.05. The second-order valence-electron chi connectivity index (χ2n) is 6.12. The Bertz CT molecular complexity index is 412. The summed E-state index contributed by atoms with van der Waals surface area (Å²) in [5.41, 5.74) is 0.287. The van der Waals surface area contributed by atoms with Gasteiger partial charge >= 0.3 is 0 Å². The molecule has 1 aliphatic rings. The Morgan fingerprint density at radius 2 is 2.37 bits per heavy atom. The van der Waals surface area contributed by atoms with E-state index in [0.29, 0.717) is 12.6 Å². The summed E-state index contributed by atoms with van der Waals surface area (Å²) in [6, 6.07) is 3.94. The minimum atomic E-state index is -0.169. The number of rotatable bonds is 5. The maximum Gasteiger partial charge on any atom is 0.237 e. The Labute approximate surface area is 114 Å². The van der Waals surface area contributed by atoms with Crippen LogP contribution in [0.15, 0.2) is 22.8 Å². The second kappa shape index (κ2) is 5.78. The van der Waals surface area contributed by atoms with Crippen molar-refractivity contribution in [2.75, 3.05) is 0 Å². The largest absolute Gasteiger partial charge is 0.467 e. The van der Waals surface area contributed by atoms with E-state index in [1.807, 2.05) is 19.1 Å². The monoisotopic (exact) mass is 264 g/mol. The molecule has 19 heavy (non-hydrogen) atoms. The van der Waals surface area contributed by atoms with Crippen LogP contribution in [0.25, 0.3) is 0 Å². The highest BCUT2D eigenvalue weighted by Crippen LogP contribution is 2.37. The molecule has 1 heterocycles. The zero-order valence-electron chi connectivity index (χ0n) is 12.0. The van der Waals surface area contributed by atoms with Gasteiger partial charge in [-0.3, -0.25) is 4.79 Å². The Morgan fingerprint density at radius 1 is 1.58 bits per heavy atom. The minimum Gasteiger partial charge on any atom is -0.467 e. The van der Waals surface area contributed by atoms with E-state index in [4.69, 9.17) is 4.42 Å². The lowest BCUT2D eigenvalue weighted by atomic mass is 9.87. The van der Waals surface area contributed by atoms with Gasteiger partial charge in [-0.1, -0.05) is 20.3 Å². The molecule has 1 aliphatic carbocycles. The average molecular weight is 264 g/mol. The molecule has 2 N–H and O–H groups in total. The molecule has 0 aromatic carbocycles. The molecule has 0 spiro atoms. The summed E-state index contributed by atoms with van der Waals surface area (Å²) in [6.07, 6.45) is 5.24. The van der Waals surface area contributed by atoms with Crippen LogP contribution in [-0.2, 0) is 11.3 Å². The molecule has 1 fully saturated rings. The molecular weight excluding hydrogens is 240 g/mol. The van der Waals surface area contributed by atoms with Crippen molar-refractivity contribution in [3.63, 3.8) is 0 Å². The summed E-state index contributed by atoms with van der Waals surface area (Å²) in [4.78, 5) is 12.0. The van der Waals surface area contributed by atoms with Crippen molar-refractivity contribution >= 4 is 5.91 Å². The molecule has 4 heteroatoms. The number of carbonyl (C=O) groups is 1. The van der Waals surface area contributed by atoms with Crippen molar-refractivity contribution in [1.29, 1.82) is 0 Å². The third kappa shape index (κ3) is 3.60. The lowest BCUT2D eigenvalue weighted by Gasteiger charge is -2.30. The van der Waals surface area contributed by atoms with Crippen LogP contribution in [0.5, 0.6) is 0 Å². The predicted molar refractivity (Wildman–Crippen MR) is 74.6 cm³/mol. The molecule has 1 saturated carbocycles. The Hall–Kier alpha value is -1.29. The Balaban J connectivity index is 1.79. The third-order valence-electron chi connectivity index (χ3n) is 4.12. The lowest BCUT2D eigenvalue weighted by Crippen LogP contribution is -2.49. The summed E-state index contributed by atoms with van der Waals surface area (Å²) >= 11 is 0. The summed E-state index contributed by atoms with van der Waals surface area (Å²) < 4.78 is 5.20. The standard InChI is InChI=1S/C15H24N2O2/c1-11(17-13-7-4-8-15(13,2)3)14(18)16-10-12-6-5-9-19-12/h5-6,9,11,13,17H,4,7-8,10H2,1-3H3,(H,16,18). The topological polar surface area (TPSA) is 54.3 Å². The number of hydrogen-bond donors (Lipinski definition) is 2. The van der Waals surface area contributed by atoms with Gasteiger partial charge in [-0.2, -0.15) is 0 Å². The molecule has 4 nitrogen and oxygen atoms in total. The fourth-order valence-corrected chi connectivity index (χ4v) is 2.75. The first-order chi connectivity index (χ1) is 8.99. The van der Waals surface area contributed by atoms with Gasteiger partial charge in [0.05, 0.1) is 18.8 Å². The second-order valence-corrected chi connectivity index (χ2v) is 6.12. The first-order valence-corrected chi connectivity index (χ1v) is 7.05. The van der Waals surface area contributed by atoms with Crippen molar-refractivity contribution in [3.8, 4) is 0 Å². The Morgan fingerprint density at radius 3 is 2.95 bits per heavy atom. The van der Waals surface area contributed by atoms with Crippen LogP contribution in [0, 0.1) is 5.41 Å². The number of nitrogens with one attached hydrogen (secondary N) is 2. The molecule has 106 valence electrons. The SMILES string of the molecule is CC(NC1CCCC1(C)C)C(=O)NCc1ccco1. The van der Waals surface area contributed by atoms with E-state index in [0.717, 1.165) is 12.2 Å². The maximum absolute atomic E-state index is 12.0. The summed E-state index contributed by atoms with van der Waals surface area (Å²) in [7, 11) is 0. The highest BCUT2D eigenvalue weighted by atomic mass is 16.3. The van der Waals surface area contributed by atoms with Gasteiger partial charge in [-0.15, -0.1) is 0 Å². The van der Waals surface area contributed by atoms with Crippen molar-refractivity contribution in [1.82, 2.24) is 10.6 Å². The zero-order chi connectivity index (χ0) is 13.9. The smallest absolute Gasteiger partial charge is 0.237 e. The fraction of sp³-hybridized carbons (Fsp3) is 0.667. The first kappa shape index (κ1) is 14.1. The third-order valence-corrected chi connectivity index (χ3v) is 4.12. The number of hydrogen-bond acceptors (Lipinski definition) is 3. The molecule has 1 aromatic heterocycles.